The van der Waals surface area contributed by atoms with Gasteiger partial charge in [-0.05, 0) is 64.4 Å². The molecule has 0 N–H and O–H groups in total. The predicted octanol–water partition coefficient (Wildman–Crippen LogP) is 9.19. The molecule has 0 amide bonds. The van der Waals surface area contributed by atoms with E-state index in [9.17, 15) is 0 Å². The van der Waals surface area contributed by atoms with Crippen molar-refractivity contribution in [3.8, 4) is 22.5 Å². The molecular formula is C35H32IrN2SSi-2. The summed E-state index contributed by atoms with van der Waals surface area (Å²) < 4.78 is 2.70. The summed E-state index contributed by atoms with van der Waals surface area (Å²) in [4.78, 5) is 9.13. The third-order valence-corrected chi connectivity index (χ3v) is 10.4. The molecule has 5 heteroatoms. The Balaban J connectivity index is 0.000000195. The summed E-state index contributed by atoms with van der Waals surface area (Å²) >= 11 is 1.89. The molecule has 3 heterocycles. The molecule has 0 aliphatic heterocycles. The summed E-state index contributed by atoms with van der Waals surface area (Å²) in [5, 5.41) is 4.32. The summed E-state index contributed by atoms with van der Waals surface area (Å²) in [7, 11) is -1.46. The molecule has 1 fully saturated rings. The first-order chi connectivity index (χ1) is 18.9. The zero-order valence-electron chi connectivity index (χ0n) is 23.3. The quantitative estimate of drug-likeness (QED) is 0.134. The Kier molecular flexibility index (Phi) is 8.49. The van der Waals surface area contributed by atoms with E-state index in [1.165, 1.54) is 49.3 Å². The van der Waals surface area contributed by atoms with Gasteiger partial charge in [0.15, 0.2) is 0 Å². The number of nitrogens with zero attached hydrogens (tertiary/aromatic N) is 2. The second-order valence-corrected chi connectivity index (χ2v) is 17.5. The van der Waals surface area contributed by atoms with Crippen LogP contribution in [0.25, 0.3) is 42.7 Å². The van der Waals surface area contributed by atoms with Crippen molar-refractivity contribution in [2.75, 3.05) is 0 Å². The predicted molar refractivity (Wildman–Crippen MR) is 170 cm³/mol. The number of aryl methyl sites for hydroxylation is 1. The first kappa shape index (κ1) is 28.6. The largest absolute Gasteiger partial charge is 0.304 e. The van der Waals surface area contributed by atoms with E-state index in [1.807, 2.05) is 54.8 Å². The topological polar surface area (TPSA) is 25.8 Å². The van der Waals surface area contributed by atoms with Crippen molar-refractivity contribution in [3.05, 3.63) is 115 Å². The van der Waals surface area contributed by atoms with Crippen LogP contribution in [0.3, 0.4) is 0 Å². The monoisotopic (exact) mass is 733 g/mol. The maximum Gasteiger partial charge on any atom is 0.0300 e. The Bertz CT molecular complexity index is 1730. The molecule has 0 bridgehead atoms. The molecule has 0 spiro atoms. The summed E-state index contributed by atoms with van der Waals surface area (Å²) in [6.07, 6.45) is 6.58. The number of fused-ring (bicyclic) bond motifs is 3. The van der Waals surface area contributed by atoms with Gasteiger partial charge in [-0.25, -0.2) is 0 Å². The number of rotatable bonds is 4. The van der Waals surface area contributed by atoms with Gasteiger partial charge < -0.3 is 9.97 Å². The molecule has 1 radical (unpaired) electrons. The van der Waals surface area contributed by atoms with Crippen LogP contribution in [0.4, 0.5) is 0 Å². The van der Waals surface area contributed by atoms with Crippen LogP contribution in [0.15, 0.2) is 91.3 Å². The maximum absolute atomic E-state index is 4.81. The molecule has 3 aromatic heterocycles. The molecule has 2 nitrogen and oxygen atoms in total. The fourth-order valence-electron chi connectivity index (χ4n) is 4.94. The Morgan fingerprint density at radius 2 is 1.57 bits per heavy atom. The zero-order valence-corrected chi connectivity index (χ0v) is 27.5. The molecule has 203 valence electrons. The van der Waals surface area contributed by atoms with Crippen molar-refractivity contribution in [2.45, 2.75) is 45.3 Å². The van der Waals surface area contributed by atoms with Gasteiger partial charge in [-0.15, -0.1) is 58.8 Å². The van der Waals surface area contributed by atoms with Crippen LogP contribution in [-0.2, 0) is 20.1 Å². The second kappa shape index (κ2) is 11.9. The molecule has 7 rings (SSSR count). The van der Waals surface area contributed by atoms with Gasteiger partial charge in [0, 0.05) is 45.3 Å². The number of hydrogen-bond acceptors (Lipinski definition) is 3. The molecule has 0 unspecified atom stereocenters. The average Bonchev–Trinajstić information content (AvgIpc) is 3.73. The number of hydrogen-bond donors (Lipinski definition) is 0. The van der Waals surface area contributed by atoms with Crippen molar-refractivity contribution in [2.24, 2.45) is 0 Å². The molecule has 0 saturated heterocycles. The van der Waals surface area contributed by atoms with Crippen molar-refractivity contribution in [1.29, 1.82) is 0 Å². The fraction of sp³-hybridized carbons (Fsp3) is 0.200. The molecule has 1 saturated carbocycles. The maximum atomic E-state index is 4.81. The molecular weight excluding hydrogens is 701 g/mol. The van der Waals surface area contributed by atoms with Crippen molar-refractivity contribution in [1.82, 2.24) is 9.97 Å². The molecule has 3 aromatic carbocycles. The zero-order chi connectivity index (χ0) is 27.0. The third-order valence-electron chi connectivity index (χ3n) is 7.25. The number of thiophene rings is 1. The summed E-state index contributed by atoms with van der Waals surface area (Å²) in [6, 6.07) is 34.2. The van der Waals surface area contributed by atoms with E-state index in [2.05, 4.69) is 91.5 Å². The number of pyridine rings is 2. The SMILES string of the molecule is C[Si](C)(C)c1c[c-]c(-c2ccc(C3CC3)cn2)c2sc3ccccc3c12.Cc1ccc(-c2[c-]cccc2)nc1.[Ir]. The summed E-state index contributed by atoms with van der Waals surface area (Å²) in [6.45, 7) is 9.30. The number of aromatic nitrogens is 2. The normalized spacial score (nSPS) is 13.0. The van der Waals surface area contributed by atoms with E-state index >= 15 is 0 Å². The fourth-order valence-corrected chi connectivity index (χ4v) is 7.78. The van der Waals surface area contributed by atoms with Gasteiger partial charge in [0.2, 0.25) is 0 Å². The molecule has 0 atom stereocenters. The first-order valence-corrected chi connectivity index (χ1v) is 17.9. The van der Waals surface area contributed by atoms with E-state index in [0.29, 0.717) is 0 Å². The van der Waals surface area contributed by atoms with E-state index in [4.69, 9.17) is 4.98 Å². The van der Waals surface area contributed by atoms with Gasteiger partial charge in [0.25, 0.3) is 0 Å². The van der Waals surface area contributed by atoms with Crippen molar-refractivity contribution in [3.63, 3.8) is 0 Å². The molecule has 40 heavy (non-hydrogen) atoms. The molecule has 1 aliphatic carbocycles. The molecule has 1 aliphatic rings. The standard InChI is InChI=1S/C23H22NSSi.C12H10N.Ir/c1-26(2,3)21-13-11-17(19-12-10-16(14-24-19)15-8-9-15)23-22(21)18-6-4-5-7-20(18)25-23;1-10-7-8-12(13-9-10)11-5-3-2-4-6-11;/h4-7,10,12-15H,8-9H2,1-3H3;2-5,7-9H,1H3;/q2*-1;. The third kappa shape index (κ3) is 6.03. The van der Waals surface area contributed by atoms with Gasteiger partial charge in [0.1, 0.15) is 0 Å². The van der Waals surface area contributed by atoms with Gasteiger partial charge in [-0.3, -0.25) is 0 Å². The van der Waals surface area contributed by atoms with Crippen LogP contribution in [0.5, 0.6) is 0 Å². The van der Waals surface area contributed by atoms with E-state index in [1.54, 1.807) is 0 Å². The van der Waals surface area contributed by atoms with E-state index in [0.717, 1.165) is 28.4 Å². The van der Waals surface area contributed by atoms with Gasteiger partial charge >= 0.3 is 0 Å². The Labute approximate surface area is 255 Å². The Morgan fingerprint density at radius 1 is 0.825 bits per heavy atom. The Morgan fingerprint density at radius 3 is 2.23 bits per heavy atom. The second-order valence-electron chi connectivity index (χ2n) is 11.4. The first-order valence-electron chi connectivity index (χ1n) is 13.6. The number of benzene rings is 3. The van der Waals surface area contributed by atoms with Crippen LogP contribution in [0.2, 0.25) is 19.6 Å². The van der Waals surface area contributed by atoms with Crippen LogP contribution >= 0.6 is 11.3 Å². The van der Waals surface area contributed by atoms with E-state index in [-0.39, 0.29) is 20.1 Å². The summed E-state index contributed by atoms with van der Waals surface area (Å²) in [5.74, 6) is 0.749. The minimum Gasteiger partial charge on any atom is -0.304 e. The van der Waals surface area contributed by atoms with Gasteiger partial charge in [0.05, 0.1) is 0 Å². The Hall–Kier alpha value is -2.95. The van der Waals surface area contributed by atoms with Gasteiger partial charge in [-0.1, -0.05) is 67.5 Å². The smallest absolute Gasteiger partial charge is 0.0300 e. The van der Waals surface area contributed by atoms with Crippen LogP contribution in [0, 0.1) is 19.1 Å². The van der Waals surface area contributed by atoms with Crippen molar-refractivity contribution < 1.29 is 20.1 Å². The van der Waals surface area contributed by atoms with Crippen LogP contribution < -0.4 is 5.19 Å². The van der Waals surface area contributed by atoms with Crippen LogP contribution in [0.1, 0.15) is 29.9 Å². The molecule has 6 aromatic rings. The van der Waals surface area contributed by atoms with Crippen LogP contribution in [-0.4, -0.2) is 18.0 Å². The van der Waals surface area contributed by atoms with Gasteiger partial charge in [-0.2, -0.15) is 11.3 Å². The average molecular weight is 733 g/mol. The van der Waals surface area contributed by atoms with E-state index < -0.39 is 8.07 Å². The minimum absolute atomic E-state index is 0. The van der Waals surface area contributed by atoms with Crippen molar-refractivity contribution >= 4 is 44.8 Å². The summed E-state index contributed by atoms with van der Waals surface area (Å²) in [5.41, 5.74) is 6.80. The minimum atomic E-state index is -1.46.